The van der Waals surface area contributed by atoms with Crippen LogP contribution in [0.5, 0.6) is 0 Å². The Morgan fingerprint density at radius 1 is 1.60 bits per heavy atom. The Morgan fingerprint density at radius 3 is 2.73 bits per heavy atom. The molecule has 0 aliphatic heterocycles. The van der Waals surface area contributed by atoms with Gasteiger partial charge in [-0.1, -0.05) is 0 Å². The zero-order valence-electron chi connectivity index (χ0n) is 9.66. The van der Waals surface area contributed by atoms with Crippen LogP contribution >= 0.6 is 0 Å². The molecule has 1 aromatic heterocycles. The molecule has 1 rings (SSSR count). The van der Waals surface area contributed by atoms with Crippen LogP contribution in [0.2, 0.25) is 0 Å². The molecule has 0 spiro atoms. The fourth-order valence-corrected chi connectivity index (χ4v) is 1.16. The van der Waals surface area contributed by atoms with Crippen LogP contribution < -0.4 is 10.6 Å². The van der Waals surface area contributed by atoms with E-state index in [9.17, 15) is 4.79 Å². The highest BCUT2D eigenvalue weighted by Crippen LogP contribution is 2.09. The molecule has 1 aromatic rings. The van der Waals surface area contributed by atoms with Crippen LogP contribution in [0.1, 0.15) is 20.3 Å². The van der Waals surface area contributed by atoms with Crippen molar-refractivity contribution in [3.8, 4) is 0 Å². The molecule has 0 fully saturated rings. The summed E-state index contributed by atoms with van der Waals surface area (Å²) in [7, 11) is 3.65. The van der Waals surface area contributed by atoms with Crippen molar-refractivity contribution in [3.05, 3.63) is 12.3 Å². The summed E-state index contributed by atoms with van der Waals surface area (Å²) < 4.78 is 1.65. The summed E-state index contributed by atoms with van der Waals surface area (Å²) in [4.78, 5) is 11.6. The van der Waals surface area contributed by atoms with Gasteiger partial charge >= 0.3 is 0 Å². The van der Waals surface area contributed by atoms with E-state index >= 15 is 0 Å². The fraction of sp³-hybridized carbons (Fsp3) is 0.600. The van der Waals surface area contributed by atoms with Gasteiger partial charge in [0.15, 0.2) is 5.82 Å². The maximum Gasteiger partial charge on any atom is 0.227 e. The monoisotopic (exact) mass is 210 g/mol. The van der Waals surface area contributed by atoms with Crippen molar-refractivity contribution in [2.24, 2.45) is 7.05 Å². The standard InChI is InChI=1S/C10H18N4O/c1-10(2,11-3)7-9(15)12-8-5-6-14(4)13-8/h5-6,11H,7H2,1-4H3,(H,12,13,15). The van der Waals surface area contributed by atoms with E-state index in [1.807, 2.05) is 27.9 Å². The molecule has 2 N–H and O–H groups in total. The lowest BCUT2D eigenvalue weighted by Gasteiger charge is -2.22. The van der Waals surface area contributed by atoms with Gasteiger partial charge in [-0.3, -0.25) is 9.48 Å². The first-order valence-corrected chi connectivity index (χ1v) is 4.91. The first-order chi connectivity index (χ1) is 6.93. The number of nitrogens with one attached hydrogen (secondary N) is 2. The van der Waals surface area contributed by atoms with Gasteiger partial charge in [-0.25, -0.2) is 0 Å². The van der Waals surface area contributed by atoms with Crippen molar-refractivity contribution in [1.82, 2.24) is 15.1 Å². The third-order valence-electron chi connectivity index (χ3n) is 2.26. The summed E-state index contributed by atoms with van der Waals surface area (Å²) in [5.74, 6) is 0.558. The zero-order chi connectivity index (χ0) is 11.5. The Morgan fingerprint density at radius 2 is 2.27 bits per heavy atom. The van der Waals surface area contributed by atoms with Gasteiger partial charge in [-0.05, 0) is 20.9 Å². The normalized spacial score (nSPS) is 11.5. The molecule has 0 aromatic carbocycles. The zero-order valence-corrected chi connectivity index (χ0v) is 9.66. The predicted molar refractivity (Wildman–Crippen MR) is 59.6 cm³/mol. The predicted octanol–water partition coefficient (Wildman–Crippen LogP) is 0.747. The van der Waals surface area contributed by atoms with Gasteiger partial charge in [0.1, 0.15) is 0 Å². The van der Waals surface area contributed by atoms with Gasteiger partial charge in [0.25, 0.3) is 0 Å². The van der Waals surface area contributed by atoms with E-state index in [2.05, 4.69) is 15.7 Å². The van der Waals surface area contributed by atoms with Gasteiger partial charge in [0.05, 0.1) is 0 Å². The van der Waals surface area contributed by atoms with E-state index in [0.717, 1.165) is 0 Å². The smallest absolute Gasteiger partial charge is 0.227 e. The molecule has 15 heavy (non-hydrogen) atoms. The molecule has 0 aliphatic rings. The van der Waals surface area contributed by atoms with Crippen molar-refractivity contribution in [3.63, 3.8) is 0 Å². The lowest BCUT2D eigenvalue weighted by Crippen LogP contribution is -2.39. The van der Waals surface area contributed by atoms with Crippen LogP contribution in [-0.2, 0) is 11.8 Å². The Balaban J connectivity index is 2.50. The molecule has 0 saturated heterocycles. The molecular weight excluding hydrogens is 192 g/mol. The summed E-state index contributed by atoms with van der Waals surface area (Å²) in [6.45, 7) is 3.95. The van der Waals surface area contributed by atoms with Crippen molar-refractivity contribution in [1.29, 1.82) is 0 Å². The highest BCUT2D eigenvalue weighted by atomic mass is 16.1. The second-order valence-corrected chi connectivity index (χ2v) is 4.23. The minimum absolute atomic E-state index is 0.0342. The highest BCUT2D eigenvalue weighted by molar-refractivity contribution is 5.90. The number of aryl methyl sites for hydroxylation is 1. The second kappa shape index (κ2) is 4.44. The third kappa shape index (κ3) is 3.71. The lowest BCUT2D eigenvalue weighted by atomic mass is 10.0. The number of carbonyl (C=O) groups is 1. The second-order valence-electron chi connectivity index (χ2n) is 4.23. The topological polar surface area (TPSA) is 59.0 Å². The largest absolute Gasteiger partial charge is 0.314 e. The van der Waals surface area contributed by atoms with Gasteiger partial charge in [0, 0.05) is 31.3 Å². The first kappa shape index (κ1) is 11.7. The highest BCUT2D eigenvalue weighted by Gasteiger charge is 2.19. The lowest BCUT2D eigenvalue weighted by molar-refractivity contribution is -0.117. The molecule has 84 valence electrons. The maximum absolute atomic E-state index is 11.6. The quantitative estimate of drug-likeness (QED) is 0.771. The minimum atomic E-state index is -0.196. The Labute approximate surface area is 89.9 Å². The van der Waals surface area contributed by atoms with E-state index in [-0.39, 0.29) is 11.4 Å². The Bertz CT molecular complexity index is 343. The molecule has 0 atom stereocenters. The SMILES string of the molecule is CNC(C)(C)CC(=O)Nc1ccn(C)n1. The molecule has 5 nitrogen and oxygen atoms in total. The van der Waals surface area contributed by atoms with Crippen LogP contribution in [0.4, 0.5) is 5.82 Å². The molecule has 1 amide bonds. The van der Waals surface area contributed by atoms with Gasteiger partial charge in [-0.15, -0.1) is 0 Å². The molecule has 5 heteroatoms. The van der Waals surface area contributed by atoms with Crippen LogP contribution in [-0.4, -0.2) is 28.3 Å². The summed E-state index contributed by atoms with van der Waals surface area (Å²) in [6, 6.07) is 1.77. The fourth-order valence-electron chi connectivity index (χ4n) is 1.16. The molecule has 0 saturated carbocycles. The Kier molecular flexibility index (Phi) is 3.47. The number of aromatic nitrogens is 2. The number of carbonyl (C=O) groups excluding carboxylic acids is 1. The van der Waals surface area contributed by atoms with Crippen LogP contribution in [0.15, 0.2) is 12.3 Å². The van der Waals surface area contributed by atoms with Crippen molar-refractivity contribution < 1.29 is 4.79 Å². The van der Waals surface area contributed by atoms with Crippen molar-refractivity contribution in [2.75, 3.05) is 12.4 Å². The average Bonchev–Trinajstić information content (AvgIpc) is 2.50. The van der Waals surface area contributed by atoms with E-state index in [1.54, 1.807) is 16.9 Å². The maximum atomic E-state index is 11.6. The number of hydrogen-bond acceptors (Lipinski definition) is 3. The summed E-state index contributed by atoms with van der Waals surface area (Å²) >= 11 is 0. The van der Waals surface area contributed by atoms with Crippen molar-refractivity contribution in [2.45, 2.75) is 25.8 Å². The number of rotatable bonds is 4. The van der Waals surface area contributed by atoms with Gasteiger partial charge in [-0.2, -0.15) is 5.10 Å². The third-order valence-corrected chi connectivity index (χ3v) is 2.26. The molecule has 0 unspecified atom stereocenters. The summed E-state index contributed by atoms with van der Waals surface area (Å²) in [5, 5.41) is 9.89. The molecule has 1 heterocycles. The number of hydrogen-bond donors (Lipinski definition) is 2. The number of anilines is 1. The number of amides is 1. The van der Waals surface area contributed by atoms with Crippen LogP contribution in [0.3, 0.4) is 0 Å². The average molecular weight is 210 g/mol. The molecule has 0 aliphatic carbocycles. The van der Waals surface area contributed by atoms with Gasteiger partial charge < -0.3 is 10.6 Å². The molecular formula is C10H18N4O. The first-order valence-electron chi connectivity index (χ1n) is 4.91. The van der Waals surface area contributed by atoms with Crippen LogP contribution in [0.25, 0.3) is 0 Å². The van der Waals surface area contributed by atoms with Gasteiger partial charge in [0.2, 0.25) is 5.91 Å². The van der Waals surface area contributed by atoms with E-state index in [4.69, 9.17) is 0 Å². The minimum Gasteiger partial charge on any atom is -0.314 e. The van der Waals surface area contributed by atoms with Crippen LogP contribution in [0, 0.1) is 0 Å². The number of nitrogens with zero attached hydrogens (tertiary/aromatic N) is 2. The summed E-state index contributed by atoms with van der Waals surface area (Å²) in [6.07, 6.45) is 2.21. The van der Waals surface area contributed by atoms with Crippen molar-refractivity contribution >= 4 is 11.7 Å². The summed E-state index contributed by atoms with van der Waals surface area (Å²) in [5.41, 5.74) is -0.196. The molecule has 0 bridgehead atoms. The van der Waals surface area contributed by atoms with E-state index < -0.39 is 0 Å². The molecule has 0 radical (unpaired) electrons. The van der Waals surface area contributed by atoms with E-state index in [1.165, 1.54) is 0 Å². The van der Waals surface area contributed by atoms with E-state index in [0.29, 0.717) is 12.2 Å². The Hall–Kier alpha value is -1.36.